The molecule has 0 aliphatic carbocycles. The molecular formula is C19H15N3O2. The lowest BCUT2D eigenvalue weighted by Gasteiger charge is -2.03. The second kappa shape index (κ2) is 5.70. The number of rotatable bonds is 3. The van der Waals surface area contributed by atoms with Crippen molar-refractivity contribution in [2.45, 2.75) is 6.54 Å². The second-order valence-electron chi connectivity index (χ2n) is 5.61. The van der Waals surface area contributed by atoms with Gasteiger partial charge in [0, 0.05) is 17.4 Å². The van der Waals surface area contributed by atoms with Gasteiger partial charge in [0.15, 0.2) is 0 Å². The fourth-order valence-corrected chi connectivity index (χ4v) is 2.80. The monoisotopic (exact) mass is 317 g/mol. The SMILES string of the molecule is O=c1[nH]c(/C=C2\C=Nc3ccccc32)c(O)n1Cc1ccccc1. The molecule has 2 aromatic carbocycles. The number of aliphatic imine (C=N–C) groups is 1. The first kappa shape index (κ1) is 14.3. The van der Waals surface area contributed by atoms with Crippen molar-refractivity contribution in [1.82, 2.24) is 9.55 Å². The molecule has 3 aromatic rings. The fraction of sp³-hybridized carbons (Fsp3) is 0.0526. The molecule has 0 amide bonds. The summed E-state index contributed by atoms with van der Waals surface area (Å²) in [6, 6.07) is 17.3. The van der Waals surface area contributed by atoms with Gasteiger partial charge in [-0.05, 0) is 17.7 Å². The molecule has 1 aliphatic heterocycles. The van der Waals surface area contributed by atoms with E-state index in [0.29, 0.717) is 12.2 Å². The van der Waals surface area contributed by atoms with E-state index in [1.807, 2.05) is 54.6 Å². The Morgan fingerprint density at radius 2 is 1.83 bits per heavy atom. The van der Waals surface area contributed by atoms with Crippen LogP contribution in [0.5, 0.6) is 5.88 Å². The molecule has 0 unspecified atom stereocenters. The van der Waals surface area contributed by atoms with Crippen LogP contribution >= 0.6 is 0 Å². The molecule has 4 rings (SSSR count). The van der Waals surface area contributed by atoms with Crippen molar-refractivity contribution in [3.8, 4) is 5.88 Å². The number of nitrogens with zero attached hydrogens (tertiary/aromatic N) is 2. The van der Waals surface area contributed by atoms with Crippen LogP contribution in [0.15, 0.2) is 64.4 Å². The molecule has 0 fully saturated rings. The summed E-state index contributed by atoms with van der Waals surface area (Å²) in [5.41, 5.74) is 3.71. The Morgan fingerprint density at radius 1 is 1.08 bits per heavy atom. The Balaban J connectivity index is 1.72. The zero-order valence-electron chi connectivity index (χ0n) is 12.8. The maximum atomic E-state index is 12.2. The van der Waals surface area contributed by atoms with E-state index in [2.05, 4.69) is 9.98 Å². The third kappa shape index (κ3) is 2.46. The number of H-pyrrole nitrogens is 1. The van der Waals surface area contributed by atoms with Gasteiger partial charge >= 0.3 is 5.69 Å². The minimum absolute atomic E-state index is 0.0749. The van der Waals surface area contributed by atoms with Crippen LogP contribution in [0.4, 0.5) is 5.69 Å². The number of hydrogen-bond donors (Lipinski definition) is 2. The third-order valence-corrected chi connectivity index (χ3v) is 4.02. The maximum absolute atomic E-state index is 12.2. The molecule has 0 saturated carbocycles. The number of fused-ring (bicyclic) bond motifs is 1. The quantitative estimate of drug-likeness (QED) is 0.779. The van der Waals surface area contributed by atoms with Crippen LogP contribution in [0, 0.1) is 0 Å². The normalized spacial score (nSPS) is 14.2. The van der Waals surface area contributed by atoms with Gasteiger partial charge in [-0.1, -0.05) is 48.5 Å². The van der Waals surface area contributed by atoms with Gasteiger partial charge in [-0.15, -0.1) is 0 Å². The summed E-state index contributed by atoms with van der Waals surface area (Å²) in [6.45, 7) is 0.315. The highest BCUT2D eigenvalue weighted by molar-refractivity contribution is 6.21. The molecule has 2 N–H and O–H groups in total. The van der Waals surface area contributed by atoms with E-state index in [1.54, 1.807) is 12.3 Å². The van der Waals surface area contributed by atoms with Gasteiger partial charge in [0.2, 0.25) is 5.88 Å². The largest absolute Gasteiger partial charge is 0.493 e. The molecule has 5 heteroatoms. The number of benzene rings is 2. The summed E-state index contributed by atoms with van der Waals surface area (Å²) >= 11 is 0. The number of imidazole rings is 1. The summed E-state index contributed by atoms with van der Waals surface area (Å²) in [4.78, 5) is 19.2. The number of hydrogen-bond acceptors (Lipinski definition) is 3. The Kier molecular flexibility index (Phi) is 3.39. The van der Waals surface area contributed by atoms with Crippen molar-refractivity contribution < 1.29 is 5.11 Å². The number of nitrogens with one attached hydrogen (secondary N) is 1. The Bertz CT molecular complexity index is 1010. The van der Waals surface area contributed by atoms with Crippen LogP contribution < -0.4 is 5.69 Å². The number of aromatic nitrogens is 2. The summed E-state index contributed by atoms with van der Waals surface area (Å²) in [6.07, 6.45) is 3.48. The van der Waals surface area contributed by atoms with Crippen molar-refractivity contribution in [3.63, 3.8) is 0 Å². The van der Waals surface area contributed by atoms with Crippen molar-refractivity contribution in [1.29, 1.82) is 0 Å². The van der Waals surface area contributed by atoms with Crippen molar-refractivity contribution in [2.24, 2.45) is 4.99 Å². The van der Waals surface area contributed by atoms with Crippen molar-refractivity contribution in [2.75, 3.05) is 0 Å². The van der Waals surface area contributed by atoms with E-state index in [-0.39, 0.29) is 11.6 Å². The molecule has 1 aliphatic rings. The summed E-state index contributed by atoms with van der Waals surface area (Å²) in [5.74, 6) is -0.0749. The average molecular weight is 317 g/mol. The third-order valence-electron chi connectivity index (χ3n) is 4.02. The summed E-state index contributed by atoms with van der Waals surface area (Å²) in [7, 11) is 0. The first-order valence-corrected chi connectivity index (χ1v) is 7.63. The molecule has 0 spiro atoms. The number of aromatic amines is 1. The maximum Gasteiger partial charge on any atom is 0.329 e. The summed E-state index contributed by atoms with van der Waals surface area (Å²) < 4.78 is 1.32. The van der Waals surface area contributed by atoms with Gasteiger partial charge in [-0.3, -0.25) is 9.56 Å². The van der Waals surface area contributed by atoms with Gasteiger partial charge in [0.1, 0.15) is 5.69 Å². The van der Waals surface area contributed by atoms with E-state index in [1.165, 1.54) is 4.57 Å². The average Bonchev–Trinajstić information content (AvgIpc) is 3.13. The van der Waals surface area contributed by atoms with Gasteiger partial charge in [0.05, 0.1) is 12.2 Å². The minimum atomic E-state index is -0.341. The van der Waals surface area contributed by atoms with Crippen LogP contribution in [0.1, 0.15) is 16.8 Å². The zero-order valence-corrected chi connectivity index (χ0v) is 12.8. The Hall–Kier alpha value is -3.34. The van der Waals surface area contributed by atoms with Crippen molar-refractivity contribution in [3.05, 3.63) is 81.9 Å². The van der Waals surface area contributed by atoms with Crippen LogP contribution in [0.3, 0.4) is 0 Å². The molecule has 0 atom stereocenters. The highest BCUT2D eigenvalue weighted by atomic mass is 16.3. The van der Waals surface area contributed by atoms with E-state index in [9.17, 15) is 9.90 Å². The second-order valence-corrected chi connectivity index (χ2v) is 5.61. The number of para-hydroxylation sites is 1. The molecule has 0 saturated heterocycles. The lowest BCUT2D eigenvalue weighted by atomic mass is 10.1. The minimum Gasteiger partial charge on any atom is -0.493 e. The topological polar surface area (TPSA) is 70.4 Å². The van der Waals surface area contributed by atoms with E-state index >= 15 is 0 Å². The molecule has 0 radical (unpaired) electrons. The zero-order chi connectivity index (χ0) is 16.5. The molecule has 5 nitrogen and oxygen atoms in total. The van der Waals surface area contributed by atoms with Crippen LogP contribution in [-0.4, -0.2) is 20.9 Å². The van der Waals surface area contributed by atoms with Gasteiger partial charge in [-0.25, -0.2) is 4.79 Å². The molecule has 1 aromatic heterocycles. The van der Waals surface area contributed by atoms with Gasteiger partial charge < -0.3 is 10.1 Å². The lowest BCUT2D eigenvalue weighted by Crippen LogP contribution is -2.17. The Labute approximate surface area is 138 Å². The van der Waals surface area contributed by atoms with Crippen LogP contribution in [0.2, 0.25) is 0 Å². The van der Waals surface area contributed by atoms with Crippen LogP contribution in [0.25, 0.3) is 11.6 Å². The van der Waals surface area contributed by atoms with Crippen molar-refractivity contribution >= 4 is 23.6 Å². The van der Waals surface area contributed by atoms with E-state index in [0.717, 1.165) is 22.4 Å². The van der Waals surface area contributed by atoms with E-state index < -0.39 is 0 Å². The molecule has 0 bridgehead atoms. The molecule has 24 heavy (non-hydrogen) atoms. The highest BCUT2D eigenvalue weighted by Gasteiger charge is 2.15. The lowest BCUT2D eigenvalue weighted by molar-refractivity contribution is 0.420. The highest BCUT2D eigenvalue weighted by Crippen LogP contribution is 2.32. The van der Waals surface area contributed by atoms with Gasteiger partial charge in [0.25, 0.3) is 0 Å². The number of aromatic hydroxyl groups is 1. The molecule has 118 valence electrons. The summed E-state index contributed by atoms with van der Waals surface area (Å²) in [5, 5.41) is 10.4. The van der Waals surface area contributed by atoms with Crippen LogP contribution in [-0.2, 0) is 6.54 Å². The molecule has 2 heterocycles. The predicted octanol–water partition coefficient (Wildman–Crippen LogP) is 3.19. The Morgan fingerprint density at radius 3 is 2.67 bits per heavy atom. The first-order chi connectivity index (χ1) is 11.7. The standard InChI is InChI=1S/C19H15N3O2/c23-18-17(10-14-11-20-16-9-5-4-8-15(14)16)21-19(24)22(18)12-13-6-2-1-3-7-13/h1-11,23H,12H2,(H,21,24)/b14-10+. The fourth-order valence-electron chi connectivity index (χ4n) is 2.80. The first-order valence-electron chi connectivity index (χ1n) is 7.63. The predicted molar refractivity (Wildman–Crippen MR) is 94.7 cm³/mol. The molecular weight excluding hydrogens is 302 g/mol. The van der Waals surface area contributed by atoms with Gasteiger partial charge in [-0.2, -0.15) is 0 Å². The smallest absolute Gasteiger partial charge is 0.329 e. The van der Waals surface area contributed by atoms with E-state index in [4.69, 9.17) is 0 Å². The number of allylic oxidation sites excluding steroid dienone is 1.